The number of H-pyrrole nitrogens is 1. The highest BCUT2D eigenvalue weighted by molar-refractivity contribution is 7.99. The average Bonchev–Trinajstić information content (AvgIpc) is 3.18. The molecule has 2 heterocycles. The van der Waals surface area contributed by atoms with Crippen molar-refractivity contribution in [3.63, 3.8) is 0 Å². The zero-order valence-electron chi connectivity index (χ0n) is 18.6. The van der Waals surface area contributed by atoms with E-state index in [2.05, 4.69) is 20.4 Å². The van der Waals surface area contributed by atoms with Crippen molar-refractivity contribution in [2.45, 2.75) is 62.5 Å². The number of aromatic amines is 1. The van der Waals surface area contributed by atoms with Gasteiger partial charge in [0, 0.05) is 21.9 Å². The number of carbonyl (C=O) groups is 1. The van der Waals surface area contributed by atoms with Gasteiger partial charge < -0.3 is 5.32 Å². The van der Waals surface area contributed by atoms with Crippen LogP contribution in [0.25, 0.3) is 5.95 Å². The number of hydrogen-bond acceptors (Lipinski definition) is 5. The van der Waals surface area contributed by atoms with Gasteiger partial charge in [0.15, 0.2) is 0 Å². The molecule has 0 spiro atoms. The number of benzene rings is 1. The van der Waals surface area contributed by atoms with Gasteiger partial charge in [-0.2, -0.15) is 18.6 Å². The predicted molar refractivity (Wildman–Crippen MR) is 124 cm³/mol. The van der Waals surface area contributed by atoms with Crippen molar-refractivity contribution in [3.8, 4) is 5.95 Å². The largest absolute Gasteiger partial charge is 0.306 e. The van der Waals surface area contributed by atoms with Crippen molar-refractivity contribution >= 4 is 23.5 Å². The fourth-order valence-corrected chi connectivity index (χ4v) is 4.36. The fraction of sp³-hybridized carbons (Fsp3) is 0.391. The monoisotopic (exact) mass is 473 g/mol. The SMILES string of the molecule is CC(C)(C)c1cc(NC(=O)c2ccccc2SC(F)F)n(-c2nc3c(c(=O)[nH]2)CCCC3)n1. The summed E-state index contributed by atoms with van der Waals surface area (Å²) in [6, 6.07) is 7.90. The minimum absolute atomic E-state index is 0.125. The number of carbonyl (C=O) groups excluding carboxylic acids is 1. The number of hydrogen-bond donors (Lipinski definition) is 2. The van der Waals surface area contributed by atoms with Crippen molar-refractivity contribution < 1.29 is 13.6 Å². The molecule has 2 aromatic heterocycles. The summed E-state index contributed by atoms with van der Waals surface area (Å²) in [6.07, 6.45) is 3.30. The Labute approximate surface area is 194 Å². The van der Waals surface area contributed by atoms with Crippen LogP contribution >= 0.6 is 11.8 Å². The molecule has 1 aliphatic carbocycles. The number of nitrogens with zero attached hydrogens (tertiary/aromatic N) is 3. The minimum atomic E-state index is -2.65. The van der Waals surface area contributed by atoms with Gasteiger partial charge in [-0.1, -0.05) is 44.7 Å². The van der Waals surface area contributed by atoms with E-state index in [4.69, 9.17) is 0 Å². The zero-order chi connectivity index (χ0) is 23.8. The molecule has 0 saturated carbocycles. The molecule has 174 valence electrons. The first-order valence-corrected chi connectivity index (χ1v) is 11.6. The Bertz CT molecular complexity index is 1250. The first-order chi connectivity index (χ1) is 15.6. The maximum atomic E-state index is 13.1. The lowest BCUT2D eigenvalue weighted by molar-refractivity contribution is 0.102. The minimum Gasteiger partial charge on any atom is -0.306 e. The van der Waals surface area contributed by atoms with Gasteiger partial charge in [-0.25, -0.2) is 4.98 Å². The Hall–Kier alpha value is -3.01. The molecule has 1 aliphatic rings. The molecule has 1 aromatic carbocycles. The summed E-state index contributed by atoms with van der Waals surface area (Å²) in [7, 11) is 0. The van der Waals surface area contributed by atoms with Crippen LogP contribution in [0.1, 0.15) is 60.9 Å². The van der Waals surface area contributed by atoms with Gasteiger partial charge in [0.25, 0.3) is 17.2 Å². The molecule has 1 amide bonds. The zero-order valence-corrected chi connectivity index (χ0v) is 19.4. The second-order valence-electron chi connectivity index (χ2n) is 8.93. The van der Waals surface area contributed by atoms with E-state index in [-0.39, 0.29) is 27.4 Å². The normalized spacial score (nSPS) is 13.8. The third-order valence-corrected chi connectivity index (χ3v) is 6.23. The standard InChI is InChI=1S/C23H25F2N5O2S/c1-23(2,3)17-12-18(27-20(32)14-9-5-7-11-16(14)33-21(24)25)30(29-17)22-26-15-10-6-4-8-13(15)19(31)28-22/h5,7,9,11-12,21H,4,6,8,10H2,1-3H3,(H,27,32)(H,26,28,31). The lowest BCUT2D eigenvalue weighted by Crippen LogP contribution is -2.25. The summed E-state index contributed by atoms with van der Waals surface area (Å²) in [5.41, 5.74) is 1.68. The molecule has 7 nitrogen and oxygen atoms in total. The number of halogens is 2. The lowest BCUT2D eigenvalue weighted by atomic mass is 9.92. The molecule has 0 fully saturated rings. The quantitative estimate of drug-likeness (QED) is 0.524. The topological polar surface area (TPSA) is 92.7 Å². The Morgan fingerprint density at radius 2 is 1.94 bits per heavy atom. The predicted octanol–water partition coefficient (Wildman–Crippen LogP) is 4.70. The number of aromatic nitrogens is 4. The van der Waals surface area contributed by atoms with E-state index in [1.54, 1.807) is 18.2 Å². The van der Waals surface area contributed by atoms with E-state index in [0.29, 0.717) is 41.7 Å². The highest BCUT2D eigenvalue weighted by Crippen LogP contribution is 2.30. The molecule has 10 heteroatoms. The van der Waals surface area contributed by atoms with Crippen molar-refractivity contribution in [3.05, 3.63) is 63.2 Å². The molecule has 2 N–H and O–H groups in total. The Balaban J connectivity index is 1.76. The van der Waals surface area contributed by atoms with Crippen LogP contribution in [0.15, 0.2) is 40.0 Å². The smallest absolute Gasteiger partial charge is 0.288 e. The second kappa shape index (κ2) is 9.09. The number of anilines is 1. The van der Waals surface area contributed by atoms with E-state index < -0.39 is 11.7 Å². The third kappa shape index (κ3) is 5.00. The van der Waals surface area contributed by atoms with Crippen molar-refractivity contribution in [1.82, 2.24) is 19.7 Å². The molecule has 4 rings (SSSR count). The average molecular weight is 474 g/mol. The Morgan fingerprint density at radius 1 is 1.21 bits per heavy atom. The summed E-state index contributed by atoms with van der Waals surface area (Å²) in [5, 5.41) is 7.38. The van der Waals surface area contributed by atoms with Crippen molar-refractivity contribution in [1.29, 1.82) is 0 Å². The maximum absolute atomic E-state index is 13.1. The number of fused-ring (bicyclic) bond motifs is 1. The van der Waals surface area contributed by atoms with Gasteiger partial charge in [-0.05, 0) is 37.8 Å². The molecule has 33 heavy (non-hydrogen) atoms. The number of thioether (sulfide) groups is 1. The van der Waals surface area contributed by atoms with Crippen molar-refractivity contribution in [2.24, 2.45) is 0 Å². The van der Waals surface area contributed by atoms with Gasteiger partial charge in [0.2, 0.25) is 5.95 Å². The molecule has 0 atom stereocenters. The van der Waals surface area contributed by atoms with Crippen LogP contribution in [-0.2, 0) is 18.3 Å². The summed E-state index contributed by atoms with van der Waals surface area (Å²) in [5.74, 6) is -2.70. The van der Waals surface area contributed by atoms with Gasteiger partial charge in [0.05, 0.1) is 17.0 Å². The second-order valence-corrected chi connectivity index (χ2v) is 9.96. The Kier molecular flexibility index (Phi) is 6.38. The molecular weight excluding hydrogens is 448 g/mol. The van der Waals surface area contributed by atoms with Crippen LogP contribution in [-0.4, -0.2) is 31.4 Å². The first kappa shape index (κ1) is 23.2. The van der Waals surface area contributed by atoms with E-state index in [1.807, 2.05) is 20.8 Å². The highest BCUT2D eigenvalue weighted by atomic mass is 32.2. The first-order valence-electron chi connectivity index (χ1n) is 10.7. The highest BCUT2D eigenvalue weighted by Gasteiger charge is 2.25. The van der Waals surface area contributed by atoms with Gasteiger partial charge in [-0.3, -0.25) is 14.6 Å². The summed E-state index contributed by atoms with van der Waals surface area (Å²) in [4.78, 5) is 33.3. The van der Waals surface area contributed by atoms with Crippen LogP contribution in [0.3, 0.4) is 0 Å². The molecular formula is C23H25F2N5O2S. The van der Waals surface area contributed by atoms with Gasteiger partial charge >= 0.3 is 0 Å². The molecule has 0 saturated heterocycles. The fourth-order valence-electron chi connectivity index (χ4n) is 3.73. The third-order valence-electron chi connectivity index (χ3n) is 5.45. The van der Waals surface area contributed by atoms with E-state index in [0.717, 1.165) is 18.5 Å². The molecule has 0 unspecified atom stereocenters. The van der Waals surface area contributed by atoms with Crippen LogP contribution in [0.5, 0.6) is 0 Å². The van der Waals surface area contributed by atoms with Gasteiger partial charge in [-0.15, -0.1) is 0 Å². The maximum Gasteiger partial charge on any atom is 0.288 e. The van der Waals surface area contributed by atoms with E-state index in [1.165, 1.54) is 16.8 Å². The molecule has 3 aromatic rings. The van der Waals surface area contributed by atoms with Crippen LogP contribution in [0, 0.1) is 0 Å². The number of alkyl halides is 2. The number of nitrogens with one attached hydrogen (secondary N) is 2. The van der Waals surface area contributed by atoms with Crippen LogP contribution in [0.4, 0.5) is 14.6 Å². The van der Waals surface area contributed by atoms with E-state index >= 15 is 0 Å². The Morgan fingerprint density at radius 3 is 2.67 bits per heavy atom. The summed E-state index contributed by atoms with van der Waals surface area (Å²) >= 11 is 0.315. The van der Waals surface area contributed by atoms with Crippen LogP contribution in [0.2, 0.25) is 0 Å². The number of amides is 1. The summed E-state index contributed by atoms with van der Waals surface area (Å²) < 4.78 is 27.3. The van der Waals surface area contributed by atoms with Gasteiger partial charge in [0.1, 0.15) is 5.82 Å². The number of aryl methyl sites for hydroxylation is 1. The summed E-state index contributed by atoms with van der Waals surface area (Å²) in [6.45, 7) is 5.93. The lowest BCUT2D eigenvalue weighted by Gasteiger charge is -2.16. The van der Waals surface area contributed by atoms with E-state index in [9.17, 15) is 18.4 Å². The molecule has 0 bridgehead atoms. The number of rotatable bonds is 5. The molecule has 0 aliphatic heterocycles. The van der Waals surface area contributed by atoms with Crippen molar-refractivity contribution in [2.75, 3.05) is 5.32 Å². The van der Waals surface area contributed by atoms with Crippen LogP contribution < -0.4 is 10.9 Å². The molecule has 0 radical (unpaired) electrons.